The Morgan fingerprint density at radius 2 is 0.495 bits per heavy atom. The van der Waals surface area contributed by atoms with E-state index in [0.29, 0.717) is 40.3 Å². The molecule has 0 bridgehead atoms. The van der Waals surface area contributed by atoms with Crippen molar-refractivity contribution in [3.8, 4) is 0 Å². The normalized spacial score (nSPS) is 30.2. The highest BCUT2D eigenvalue weighted by molar-refractivity contribution is 5.47. The first-order valence-corrected chi connectivity index (χ1v) is 29.5. The number of rotatable bonds is 0. The Morgan fingerprint density at radius 1 is 0.198 bits per heavy atom. The van der Waals surface area contributed by atoms with Gasteiger partial charge in [-0.2, -0.15) is 0 Å². The molecule has 0 radical (unpaired) electrons. The Bertz CT molecular complexity index is 7410. The summed E-state index contributed by atoms with van der Waals surface area (Å²) in [6.45, 7) is -73.2. The van der Waals surface area contributed by atoms with Gasteiger partial charge in [-0.1, -0.05) is 424 Å². The molecule has 0 aromatic heterocycles. The SMILES string of the molecule is [2H]c1c(C(C([2H])([2H])[2H])(C([2H])([2H])[2H])C([2H])([2H])[2H])c([2H])c(C(C([2H])([2H])[2H])(C([2H])([2H])[2H])C([2H])([2H])[2H])c(C)c1C(C([2H])([2H])[2H])(C([2H])([2H])[2H])C([2H])([2H])[2H].[2H]c1c(C)c([2H])c(C(C([2H])([2H])[2H])(C([2H])([2H])[2H])C([2H])([2H])[2H])c([2H])c1C(C([2H])([2H])[2H])(C([2H])([2H])[2H])C([2H])([2H])[2H].[2H]c1c([2H])c(C(C([2H])([2H])[2H])(C([2H])([2H])[2H])C([2H])([2H])[2H])c([2H])c([2H])c1C.[2H]c1c([2H])c(C(C)(C)C)c([2H])c([2H])c1C.[2H]c1c([2H])c(C([2H])([2H])[2H])c(C)c(C(C([2H])([2H])[2H])(C([2H])([2H])[2H])C([2H])([2H])[2H])c1[2H].[2H]c1c([2H])c(C)c([2H])c(C(C([2H])([2H])[2H])(C([2H])([2H])[2H])C([2H])([2H])[2H])c1[2H].[2H]c1c([2H])c(C)c([2H])c(C(C)(C)C)c1[2H].[2H]c1c([2H])c([2H])c(C(C)(C)C)c(C)c1[2H]. The second-order valence-electron chi connectivity index (χ2n) is 25.8. The van der Waals surface area contributed by atoms with Gasteiger partial charge in [0.05, 0.1) is 38.4 Å². The molecule has 0 fully saturated rings. The van der Waals surface area contributed by atoms with E-state index in [4.69, 9.17) is 141 Å². The summed E-state index contributed by atoms with van der Waals surface area (Å²) >= 11 is 0. The maximum atomic E-state index is 8.95. The van der Waals surface area contributed by atoms with E-state index in [2.05, 4.69) is 0 Å². The lowest BCUT2D eigenvalue weighted by Gasteiger charge is -2.32. The van der Waals surface area contributed by atoms with Gasteiger partial charge in [0, 0.05) is 103 Å². The summed E-state index contributed by atoms with van der Waals surface area (Å²) in [6.07, 6.45) is 0. The molecule has 0 aliphatic rings. The molecular weight excluding hydrogens is 1210 g/mol. The van der Waals surface area contributed by atoms with Gasteiger partial charge in [-0.3, -0.25) is 0 Å². The average molecular weight is 1470 g/mol. The molecule has 0 amide bonds. The van der Waals surface area contributed by atoms with Crippen LogP contribution in [-0.4, -0.2) is 0 Å². The Labute approximate surface area is 772 Å². The predicted molar refractivity (Wildman–Crippen MR) is 460 cm³/mol. The lowest BCUT2D eigenvalue weighted by Crippen LogP contribution is -2.23. The molecule has 8 aromatic carbocycles. The van der Waals surface area contributed by atoms with Crippen LogP contribution in [0.15, 0.2) is 169 Å². The smallest absolute Gasteiger partial charge is 0.0620 e. The Hall–Kier alpha value is -6.24. The lowest BCUT2D eigenvalue weighted by atomic mass is 9.73. The third kappa shape index (κ3) is 33.8. The summed E-state index contributed by atoms with van der Waals surface area (Å²) in [4.78, 5) is 0. The monoisotopic (exact) mass is 1470 g/mol. The first-order chi connectivity index (χ1) is 88.2. The molecule has 0 heterocycles. The quantitative estimate of drug-likeness (QED) is 0.142. The lowest BCUT2D eigenvalue weighted by molar-refractivity contribution is 0.542. The third-order valence-corrected chi connectivity index (χ3v) is 12.4. The first-order valence-electron chi connectivity index (χ1n) is 81.0. The largest absolute Gasteiger partial charge is 0.0629 e. The van der Waals surface area contributed by atoms with E-state index in [1.165, 1.54) is 13.8 Å². The zero-order valence-corrected chi connectivity index (χ0v) is 59.0. The fraction of sp³-hybridized carbons (Fsp3) is 0.525. The highest BCUT2D eigenvalue weighted by atomic mass is 14.3. The van der Waals surface area contributed by atoms with Gasteiger partial charge in [0.2, 0.25) is 0 Å². The Balaban J connectivity index is 0.00000120. The number of hydrogen-bond acceptors (Lipinski definition) is 0. The summed E-state index contributed by atoms with van der Waals surface area (Å²) in [6, 6.07) is -17.7. The van der Waals surface area contributed by atoms with Crippen molar-refractivity contribution in [1.82, 2.24) is 0 Å². The van der Waals surface area contributed by atoms with Crippen molar-refractivity contribution in [3.05, 3.63) is 280 Å². The van der Waals surface area contributed by atoms with E-state index in [9.17, 15) is 0 Å². The minimum absolute atomic E-state index is 0.00185. The van der Waals surface area contributed by atoms with Crippen molar-refractivity contribution in [3.63, 3.8) is 0 Å². The van der Waals surface area contributed by atoms with Crippen LogP contribution in [0.5, 0.6) is 0 Å². The number of benzene rings is 8. The fourth-order valence-corrected chi connectivity index (χ4v) is 7.22. The van der Waals surface area contributed by atoms with Crippen molar-refractivity contribution >= 4 is 0 Å². The van der Waals surface area contributed by atoms with E-state index >= 15 is 0 Å². The van der Waals surface area contributed by atoms with Crippen LogP contribution in [0, 0.1) is 62.2 Å². The average Bonchev–Trinajstić information content (AvgIpc) is 0.655. The minimum Gasteiger partial charge on any atom is -0.0620 e. The van der Waals surface area contributed by atoms with E-state index in [-0.39, 0.29) is 99.9 Å². The topological polar surface area (TPSA) is 0 Å². The molecule has 0 saturated carbocycles. The molecule has 0 unspecified atom stereocenters. The van der Waals surface area contributed by atoms with Crippen LogP contribution in [-0.2, 0) is 59.6 Å². The summed E-state index contributed by atoms with van der Waals surface area (Å²) < 4.78 is 812. The van der Waals surface area contributed by atoms with Crippen LogP contribution in [0.25, 0.3) is 0 Å². The standard InChI is InChI=1S/C19H32.C15H24.C12H18.5C11H16/c1-13-15(18(5,6)7)11-14(17(2,3)4)12-16(13)19(8,9)10;1-11-8-12(14(2,3)4)10-13(9-11)15(5,6)7;1-9-7-6-8-11(10(9)2)12(3,4)5;2*1-9-5-7-10(8-6-9)11(2,3)4;2*1-9-6-5-7-10(8-9)11(2,3)4;1-9-7-5-6-8-10(9)11(2,3)4/h11-12H,1-10H3;8-10H,1-7H3;6-8H,1-5H3;5*5-8H,1-4H3/i2D3,3D3,4D3,5D3,6D3,7D3,8D3,9D3,10D3,11D,12D;2D3,3D3,4D3,5D3,6D3,7D3,8D,9D,10D;1D3,3D3,4D3,5D3,6D,7D,8D;2D3,3D3,4D3,5D,6D,7D,8D;5D,6D,7D,8D;2D3,3D3,4D3,5D,6D,7D,8D;2*5D,6D,7D,8D. The van der Waals surface area contributed by atoms with E-state index in [0.717, 1.165) is 13.8 Å². The maximum Gasteiger partial charge on any atom is 0.0629 e. The molecule has 0 atom stereocenters. The Kier molecular flexibility index (Phi) is 7.79. The zero-order chi connectivity index (χ0) is 166. The summed E-state index contributed by atoms with van der Waals surface area (Å²) in [7, 11) is 0. The van der Waals surface area contributed by atoms with E-state index in [1.807, 2.05) is 62.3 Å². The van der Waals surface area contributed by atoms with Crippen LogP contribution in [0.2, 0.25) is 0 Å². The van der Waals surface area contributed by atoms with Crippen molar-refractivity contribution < 1.29 is 141 Å². The molecule has 0 heteroatoms. The van der Waals surface area contributed by atoms with Crippen LogP contribution in [0.3, 0.4) is 0 Å². The van der Waals surface area contributed by atoms with Crippen LogP contribution >= 0.6 is 0 Å². The molecule has 0 nitrogen and oxygen atoms in total. The summed E-state index contributed by atoms with van der Waals surface area (Å²) in [5.41, 5.74) is -47.2. The van der Waals surface area contributed by atoms with E-state index < -0.39 is 378 Å². The van der Waals surface area contributed by atoms with E-state index in [1.54, 1.807) is 20.8 Å². The van der Waals surface area contributed by atoms with Gasteiger partial charge in [0.15, 0.2) is 0 Å². The van der Waals surface area contributed by atoms with Gasteiger partial charge in [0.25, 0.3) is 0 Å². The molecular formula is C101H154. The van der Waals surface area contributed by atoms with Crippen LogP contribution in [0.4, 0.5) is 0 Å². The molecule has 0 N–H and O–H groups in total. The van der Waals surface area contributed by atoms with Gasteiger partial charge in [-0.25, -0.2) is 0 Å². The van der Waals surface area contributed by atoms with Crippen molar-refractivity contribution in [1.29, 1.82) is 0 Å². The Morgan fingerprint density at radius 3 is 0.861 bits per heavy atom. The molecule has 101 heavy (non-hydrogen) atoms. The summed E-state index contributed by atoms with van der Waals surface area (Å²) in [5.74, 6) is 0. The van der Waals surface area contributed by atoms with Crippen LogP contribution < -0.4 is 0 Å². The van der Waals surface area contributed by atoms with Gasteiger partial charge >= 0.3 is 0 Å². The van der Waals surface area contributed by atoms with Crippen LogP contribution in [0.1, 0.15) is 479 Å². The second kappa shape index (κ2) is 37.0. The highest BCUT2D eigenvalue weighted by Crippen LogP contribution is 2.39. The third-order valence-electron chi connectivity index (χ3n) is 12.4. The maximum absolute atomic E-state index is 8.95. The van der Waals surface area contributed by atoms with Crippen molar-refractivity contribution in [2.75, 3.05) is 0 Å². The van der Waals surface area contributed by atoms with Gasteiger partial charge in [0.1, 0.15) is 0 Å². The molecule has 558 valence electrons. The molecule has 8 rings (SSSR count). The predicted octanol–water partition coefficient (Wildman–Crippen LogP) is 30.5. The molecule has 0 aliphatic carbocycles. The molecule has 0 saturated heterocycles. The first kappa shape index (κ1) is 21.3. The van der Waals surface area contributed by atoms with Gasteiger partial charge < -0.3 is 0 Å². The highest BCUT2D eigenvalue weighted by Gasteiger charge is 2.28. The van der Waals surface area contributed by atoms with Gasteiger partial charge in [-0.15, -0.1) is 0 Å². The second-order valence-corrected chi connectivity index (χ2v) is 25.8. The molecule has 0 aliphatic heterocycles. The molecule has 8 aromatic rings. The fourth-order valence-electron chi connectivity index (χ4n) is 7.22. The minimum atomic E-state index is -4.63. The van der Waals surface area contributed by atoms with Crippen molar-refractivity contribution in [2.45, 2.75) is 349 Å². The van der Waals surface area contributed by atoms with Gasteiger partial charge in [-0.05, 0) is 205 Å². The number of hydrogen-bond donors (Lipinski definition) is 0. The summed E-state index contributed by atoms with van der Waals surface area (Å²) in [5, 5.41) is 0. The van der Waals surface area contributed by atoms with Crippen molar-refractivity contribution in [2.24, 2.45) is 0 Å². The molecule has 0 spiro atoms. The zero-order valence-electron chi connectivity index (χ0n) is 162.